The van der Waals surface area contributed by atoms with Crippen molar-refractivity contribution in [2.45, 2.75) is 13.5 Å². The summed E-state index contributed by atoms with van der Waals surface area (Å²) in [4.78, 5) is 12.3. The Balaban J connectivity index is 2.47. The van der Waals surface area contributed by atoms with Crippen molar-refractivity contribution in [1.82, 2.24) is 9.78 Å². The normalized spacial score (nSPS) is 10.7. The van der Waals surface area contributed by atoms with Crippen LogP contribution >= 0.6 is 31.9 Å². The minimum absolute atomic E-state index is 0.257. The first-order valence-corrected chi connectivity index (χ1v) is 6.84. The standard InChI is InChI=1S/C12H9Br2FN2O/c1-2-17-11(9(14)6-16-17)12(18)7-3-4-8(13)10(15)5-7/h3-6H,2H2,1H3. The Bertz CT molecular complexity index is 610. The summed E-state index contributed by atoms with van der Waals surface area (Å²) in [6, 6.07) is 4.31. The van der Waals surface area contributed by atoms with E-state index in [9.17, 15) is 9.18 Å². The quantitative estimate of drug-likeness (QED) is 0.765. The van der Waals surface area contributed by atoms with Gasteiger partial charge in [0.15, 0.2) is 0 Å². The van der Waals surface area contributed by atoms with Crippen LogP contribution in [0.5, 0.6) is 0 Å². The molecule has 0 radical (unpaired) electrons. The Morgan fingerprint density at radius 3 is 2.72 bits per heavy atom. The molecule has 1 aromatic heterocycles. The maximum atomic E-state index is 13.4. The fourth-order valence-electron chi connectivity index (χ4n) is 1.60. The number of aryl methyl sites for hydroxylation is 1. The highest BCUT2D eigenvalue weighted by molar-refractivity contribution is 9.10. The molecule has 0 amide bonds. The van der Waals surface area contributed by atoms with Crippen molar-refractivity contribution in [3.05, 3.63) is 50.4 Å². The number of hydrogen-bond acceptors (Lipinski definition) is 2. The van der Waals surface area contributed by atoms with E-state index in [-0.39, 0.29) is 5.78 Å². The second kappa shape index (κ2) is 5.32. The topological polar surface area (TPSA) is 34.9 Å². The highest BCUT2D eigenvalue weighted by Gasteiger charge is 2.19. The van der Waals surface area contributed by atoms with Gasteiger partial charge in [-0.3, -0.25) is 9.48 Å². The molecular weight excluding hydrogens is 367 g/mol. The molecule has 0 saturated carbocycles. The van der Waals surface area contributed by atoms with Crippen LogP contribution < -0.4 is 0 Å². The van der Waals surface area contributed by atoms with Crippen LogP contribution in [0.25, 0.3) is 0 Å². The minimum atomic E-state index is -0.459. The Labute approximate surface area is 120 Å². The van der Waals surface area contributed by atoms with E-state index in [4.69, 9.17) is 0 Å². The molecule has 2 aromatic rings. The van der Waals surface area contributed by atoms with Crippen LogP contribution in [0.2, 0.25) is 0 Å². The first-order valence-electron chi connectivity index (χ1n) is 5.25. The van der Waals surface area contributed by atoms with Gasteiger partial charge in [0.2, 0.25) is 5.78 Å². The summed E-state index contributed by atoms with van der Waals surface area (Å²) in [5.41, 5.74) is 0.728. The zero-order valence-corrected chi connectivity index (χ0v) is 12.6. The third-order valence-corrected chi connectivity index (χ3v) is 3.71. The number of carbonyl (C=O) groups excluding carboxylic acids is 1. The van der Waals surface area contributed by atoms with E-state index in [0.717, 1.165) is 0 Å². The third kappa shape index (κ3) is 2.40. The molecular formula is C12H9Br2FN2O. The first-order chi connectivity index (χ1) is 8.54. The monoisotopic (exact) mass is 374 g/mol. The van der Waals surface area contributed by atoms with Gasteiger partial charge in [-0.1, -0.05) is 0 Å². The van der Waals surface area contributed by atoms with Crippen molar-refractivity contribution in [3.63, 3.8) is 0 Å². The highest BCUT2D eigenvalue weighted by Crippen LogP contribution is 2.22. The van der Waals surface area contributed by atoms with E-state index >= 15 is 0 Å². The largest absolute Gasteiger partial charge is 0.287 e. The van der Waals surface area contributed by atoms with Crippen LogP contribution in [0, 0.1) is 5.82 Å². The van der Waals surface area contributed by atoms with Crippen molar-refractivity contribution in [2.75, 3.05) is 0 Å². The molecule has 0 fully saturated rings. The number of ketones is 1. The average molecular weight is 376 g/mol. The summed E-state index contributed by atoms with van der Waals surface area (Å²) in [7, 11) is 0. The molecule has 0 N–H and O–H groups in total. The first kappa shape index (κ1) is 13.4. The van der Waals surface area contributed by atoms with Gasteiger partial charge in [-0.25, -0.2) is 4.39 Å². The van der Waals surface area contributed by atoms with Crippen LogP contribution in [0.15, 0.2) is 33.3 Å². The van der Waals surface area contributed by atoms with Gasteiger partial charge >= 0.3 is 0 Å². The van der Waals surface area contributed by atoms with E-state index < -0.39 is 5.82 Å². The summed E-state index contributed by atoms with van der Waals surface area (Å²) >= 11 is 6.34. The zero-order valence-electron chi connectivity index (χ0n) is 9.45. The Hall–Kier alpha value is -1.01. The van der Waals surface area contributed by atoms with Crippen molar-refractivity contribution >= 4 is 37.6 Å². The van der Waals surface area contributed by atoms with E-state index in [0.29, 0.717) is 26.7 Å². The molecule has 0 spiro atoms. The molecule has 1 heterocycles. The fourth-order valence-corrected chi connectivity index (χ4v) is 2.33. The van der Waals surface area contributed by atoms with E-state index in [1.807, 2.05) is 6.92 Å². The Morgan fingerprint density at radius 1 is 1.39 bits per heavy atom. The van der Waals surface area contributed by atoms with Crippen LogP contribution in [-0.2, 0) is 6.54 Å². The summed E-state index contributed by atoms with van der Waals surface area (Å²) in [6.45, 7) is 2.46. The maximum Gasteiger partial charge on any atom is 0.212 e. The Kier molecular flexibility index (Phi) is 3.97. The number of rotatable bonds is 3. The summed E-state index contributed by atoms with van der Waals surface area (Å²) in [5.74, 6) is -0.716. The minimum Gasteiger partial charge on any atom is -0.287 e. The number of aromatic nitrogens is 2. The number of benzene rings is 1. The number of hydrogen-bond donors (Lipinski definition) is 0. The molecule has 0 saturated heterocycles. The fraction of sp³-hybridized carbons (Fsp3) is 0.167. The molecule has 0 atom stereocenters. The molecule has 94 valence electrons. The average Bonchev–Trinajstić information content (AvgIpc) is 2.73. The van der Waals surface area contributed by atoms with Crippen molar-refractivity contribution in [3.8, 4) is 0 Å². The lowest BCUT2D eigenvalue weighted by molar-refractivity contribution is 0.102. The van der Waals surface area contributed by atoms with Gasteiger partial charge in [0.05, 0.1) is 15.1 Å². The lowest BCUT2D eigenvalue weighted by atomic mass is 10.1. The van der Waals surface area contributed by atoms with Gasteiger partial charge < -0.3 is 0 Å². The van der Waals surface area contributed by atoms with Gasteiger partial charge in [0.25, 0.3) is 0 Å². The zero-order chi connectivity index (χ0) is 13.3. The molecule has 3 nitrogen and oxygen atoms in total. The smallest absolute Gasteiger partial charge is 0.212 e. The molecule has 2 rings (SSSR count). The molecule has 18 heavy (non-hydrogen) atoms. The molecule has 1 aromatic carbocycles. The molecule has 0 unspecified atom stereocenters. The van der Waals surface area contributed by atoms with Gasteiger partial charge in [-0.05, 0) is 57.0 Å². The number of nitrogens with zero attached hydrogens (tertiary/aromatic N) is 2. The summed E-state index contributed by atoms with van der Waals surface area (Å²) in [5, 5.41) is 4.07. The summed E-state index contributed by atoms with van der Waals surface area (Å²) < 4.78 is 16.0. The van der Waals surface area contributed by atoms with Crippen LogP contribution in [0.3, 0.4) is 0 Å². The van der Waals surface area contributed by atoms with Crippen LogP contribution in [0.1, 0.15) is 23.0 Å². The molecule has 0 aliphatic carbocycles. The Morgan fingerprint density at radius 2 is 2.11 bits per heavy atom. The van der Waals surface area contributed by atoms with Crippen molar-refractivity contribution in [2.24, 2.45) is 0 Å². The number of halogens is 3. The molecule has 0 aliphatic heterocycles. The van der Waals surface area contributed by atoms with E-state index in [1.54, 1.807) is 16.9 Å². The van der Waals surface area contributed by atoms with Gasteiger partial charge in [0, 0.05) is 12.1 Å². The number of carbonyl (C=O) groups is 1. The van der Waals surface area contributed by atoms with Gasteiger partial charge in [-0.15, -0.1) is 0 Å². The predicted octanol–water partition coefficient (Wildman–Crippen LogP) is 3.80. The molecule has 0 aliphatic rings. The van der Waals surface area contributed by atoms with Crippen molar-refractivity contribution in [1.29, 1.82) is 0 Å². The highest BCUT2D eigenvalue weighted by atomic mass is 79.9. The van der Waals surface area contributed by atoms with Crippen molar-refractivity contribution < 1.29 is 9.18 Å². The lowest BCUT2D eigenvalue weighted by Gasteiger charge is -2.05. The second-order valence-electron chi connectivity index (χ2n) is 3.61. The lowest BCUT2D eigenvalue weighted by Crippen LogP contribution is -2.11. The van der Waals surface area contributed by atoms with Gasteiger partial charge in [0.1, 0.15) is 11.5 Å². The van der Waals surface area contributed by atoms with Gasteiger partial charge in [-0.2, -0.15) is 5.10 Å². The maximum absolute atomic E-state index is 13.4. The van der Waals surface area contributed by atoms with Crippen LogP contribution in [-0.4, -0.2) is 15.6 Å². The van der Waals surface area contributed by atoms with E-state index in [1.165, 1.54) is 12.1 Å². The third-order valence-electron chi connectivity index (χ3n) is 2.49. The molecule has 0 bridgehead atoms. The molecule has 6 heteroatoms. The van der Waals surface area contributed by atoms with Crippen LogP contribution in [0.4, 0.5) is 4.39 Å². The van der Waals surface area contributed by atoms with E-state index in [2.05, 4.69) is 37.0 Å². The second-order valence-corrected chi connectivity index (χ2v) is 5.32. The predicted molar refractivity (Wildman–Crippen MR) is 73.1 cm³/mol. The summed E-state index contributed by atoms with van der Waals surface area (Å²) in [6.07, 6.45) is 1.56. The SMILES string of the molecule is CCn1ncc(Br)c1C(=O)c1ccc(Br)c(F)c1.